The van der Waals surface area contributed by atoms with Crippen LogP contribution >= 0.6 is 46.3 Å². The first-order valence-electron chi connectivity index (χ1n) is 10.8. The molecule has 4 nitrogen and oxygen atoms in total. The number of halogens is 2. The fourth-order valence-electron chi connectivity index (χ4n) is 3.78. The van der Waals surface area contributed by atoms with Crippen LogP contribution in [0.15, 0.2) is 34.5 Å². The summed E-state index contributed by atoms with van der Waals surface area (Å²) >= 11 is 16.0. The lowest BCUT2D eigenvalue weighted by Gasteiger charge is -2.08. The van der Waals surface area contributed by atoms with E-state index in [0.717, 1.165) is 60.9 Å². The molecule has 3 aromatic heterocycles. The third kappa shape index (κ3) is 4.99. The molecule has 4 aromatic rings. The van der Waals surface area contributed by atoms with E-state index < -0.39 is 0 Å². The van der Waals surface area contributed by atoms with Crippen LogP contribution in [-0.2, 0) is 0 Å². The Morgan fingerprint density at radius 3 is 2.30 bits per heavy atom. The molecule has 0 aliphatic rings. The van der Waals surface area contributed by atoms with Gasteiger partial charge in [0.1, 0.15) is 0 Å². The number of hydrogen-bond donors (Lipinski definition) is 0. The van der Waals surface area contributed by atoms with E-state index in [1.165, 1.54) is 0 Å². The fourth-order valence-corrected chi connectivity index (χ4v) is 6.62. The molecule has 0 N–H and O–H groups in total. The molecule has 1 atom stereocenters. The highest BCUT2D eigenvalue weighted by Crippen LogP contribution is 2.42. The molecule has 0 fully saturated rings. The van der Waals surface area contributed by atoms with Crippen LogP contribution in [0.2, 0.25) is 10.0 Å². The maximum atomic E-state index is 6.33. The first-order chi connectivity index (χ1) is 15.7. The van der Waals surface area contributed by atoms with Gasteiger partial charge in [0.2, 0.25) is 5.13 Å². The van der Waals surface area contributed by atoms with Crippen LogP contribution in [0.3, 0.4) is 0 Å². The Labute approximate surface area is 213 Å². The Hall–Kier alpha value is -1.86. The molecule has 0 aliphatic carbocycles. The number of benzene rings is 1. The summed E-state index contributed by atoms with van der Waals surface area (Å²) in [5.41, 5.74) is 8.18. The Kier molecular flexibility index (Phi) is 7.20. The van der Waals surface area contributed by atoms with E-state index in [0.29, 0.717) is 15.3 Å². The van der Waals surface area contributed by atoms with Gasteiger partial charge in [0.25, 0.3) is 0 Å². The molecule has 1 aromatic carbocycles. The predicted molar refractivity (Wildman–Crippen MR) is 142 cm³/mol. The highest BCUT2D eigenvalue weighted by molar-refractivity contribution is 8.01. The largest absolute Gasteiger partial charge is 0.258 e. The van der Waals surface area contributed by atoms with Crippen molar-refractivity contribution in [1.82, 2.24) is 19.7 Å². The molecule has 0 saturated heterocycles. The lowest BCUT2D eigenvalue weighted by Crippen LogP contribution is -1.98. The standard InChI is InChI=1S/C25H26Cl2N4S2/c1-7-15(4)32-24-23(18-8-9-20(26)21(27)12-18)29-25(33-24)31-17(6)22(16(5)30-31)19-10-13(2)28-14(3)11-19/h8-12,15H,7H2,1-6H3. The molecule has 0 aliphatic heterocycles. The normalized spacial score (nSPS) is 12.4. The molecule has 8 heteroatoms. The predicted octanol–water partition coefficient (Wildman–Crippen LogP) is 8.49. The van der Waals surface area contributed by atoms with Crippen molar-refractivity contribution in [1.29, 1.82) is 0 Å². The van der Waals surface area contributed by atoms with Gasteiger partial charge in [-0.3, -0.25) is 4.98 Å². The van der Waals surface area contributed by atoms with Crippen LogP contribution in [-0.4, -0.2) is 25.0 Å². The van der Waals surface area contributed by atoms with Crippen LogP contribution in [0.4, 0.5) is 0 Å². The second-order valence-electron chi connectivity index (χ2n) is 8.19. The highest BCUT2D eigenvalue weighted by atomic mass is 35.5. The van der Waals surface area contributed by atoms with Crippen molar-refractivity contribution >= 4 is 46.3 Å². The van der Waals surface area contributed by atoms with Gasteiger partial charge in [-0.25, -0.2) is 9.67 Å². The summed E-state index contributed by atoms with van der Waals surface area (Å²) in [5, 5.41) is 7.27. The topological polar surface area (TPSA) is 43.6 Å². The van der Waals surface area contributed by atoms with Crippen molar-refractivity contribution in [3.63, 3.8) is 0 Å². The number of thiazole rings is 1. The summed E-state index contributed by atoms with van der Waals surface area (Å²) in [6.07, 6.45) is 1.07. The maximum absolute atomic E-state index is 6.33. The van der Waals surface area contributed by atoms with Gasteiger partial charge in [-0.2, -0.15) is 5.10 Å². The molecule has 4 rings (SSSR count). The Balaban J connectivity index is 1.85. The van der Waals surface area contributed by atoms with Gasteiger partial charge in [-0.15, -0.1) is 11.8 Å². The van der Waals surface area contributed by atoms with Crippen molar-refractivity contribution in [2.45, 2.75) is 57.4 Å². The molecule has 0 amide bonds. The molecular formula is C25H26Cl2N4S2. The number of thioether (sulfide) groups is 1. The molecule has 0 radical (unpaired) electrons. The summed E-state index contributed by atoms with van der Waals surface area (Å²) < 4.78 is 3.12. The van der Waals surface area contributed by atoms with Gasteiger partial charge in [0, 0.05) is 27.8 Å². The van der Waals surface area contributed by atoms with Crippen LogP contribution in [0.1, 0.15) is 43.0 Å². The lowest BCUT2D eigenvalue weighted by molar-refractivity contribution is 0.826. The van der Waals surface area contributed by atoms with Gasteiger partial charge in [-0.1, -0.05) is 54.5 Å². The minimum absolute atomic E-state index is 0.471. The van der Waals surface area contributed by atoms with Gasteiger partial charge in [0.15, 0.2) is 0 Å². The van der Waals surface area contributed by atoms with E-state index in [1.807, 2.05) is 55.4 Å². The maximum Gasteiger partial charge on any atom is 0.212 e. The van der Waals surface area contributed by atoms with Crippen LogP contribution < -0.4 is 0 Å². The van der Waals surface area contributed by atoms with Gasteiger partial charge >= 0.3 is 0 Å². The summed E-state index contributed by atoms with van der Waals surface area (Å²) in [6.45, 7) is 12.6. The second-order valence-corrected chi connectivity index (χ2v) is 11.7. The fraction of sp³-hybridized carbons (Fsp3) is 0.320. The first-order valence-corrected chi connectivity index (χ1v) is 13.3. The zero-order valence-electron chi connectivity index (χ0n) is 19.5. The van der Waals surface area contributed by atoms with Crippen LogP contribution in [0.25, 0.3) is 27.5 Å². The summed E-state index contributed by atoms with van der Waals surface area (Å²) in [6, 6.07) is 9.91. The molecule has 0 spiro atoms. The number of hydrogen-bond acceptors (Lipinski definition) is 5. The molecule has 3 heterocycles. The summed E-state index contributed by atoms with van der Waals surface area (Å²) in [4.78, 5) is 9.56. The zero-order valence-corrected chi connectivity index (χ0v) is 22.7. The number of aryl methyl sites for hydroxylation is 3. The van der Waals surface area contributed by atoms with Crippen molar-refractivity contribution in [3.05, 3.63) is 63.2 Å². The Bertz CT molecular complexity index is 1310. The van der Waals surface area contributed by atoms with E-state index in [2.05, 4.69) is 37.9 Å². The van der Waals surface area contributed by atoms with Crippen LogP contribution in [0.5, 0.6) is 0 Å². The van der Waals surface area contributed by atoms with Crippen molar-refractivity contribution in [3.8, 4) is 27.5 Å². The van der Waals surface area contributed by atoms with E-state index in [9.17, 15) is 0 Å². The summed E-state index contributed by atoms with van der Waals surface area (Å²) in [7, 11) is 0. The average molecular weight is 518 g/mol. The molecule has 172 valence electrons. The minimum Gasteiger partial charge on any atom is -0.258 e. The molecule has 0 bridgehead atoms. The summed E-state index contributed by atoms with van der Waals surface area (Å²) in [5.74, 6) is 0. The Morgan fingerprint density at radius 2 is 1.67 bits per heavy atom. The van der Waals surface area contributed by atoms with Gasteiger partial charge in [0.05, 0.1) is 31.3 Å². The average Bonchev–Trinajstić information content (AvgIpc) is 3.29. The number of aromatic nitrogens is 4. The van der Waals surface area contributed by atoms with Crippen LogP contribution in [0, 0.1) is 27.7 Å². The van der Waals surface area contributed by atoms with E-state index in [1.54, 1.807) is 11.3 Å². The van der Waals surface area contributed by atoms with Crippen molar-refractivity contribution in [2.75, 3.05) is 0 Å². The molecular weight excluding hydrogens is 491 g/mol. The second kappa shape index (κ2) is 9.79. The minimum atomic E-state index is 0.471. The lowest BCUT2D eigenvalue weighted by atomic mass is 10.0. The SMILES string of the molecule is CCC(C)Sc1sc(-n2nc(C)c(-c3cc(C)nc(C)c3)c2C)nc1-c1ccc(Cl)c(Cl)c1. The van der Waals surface area contributed by atoms with E-state index in [4.69, 9.17) is 33.3 Å². The quantitative estimate of drug-likeness (QED) is 0.241. The third-order valence-electron chi connectivity index (χ3n) is 5.50. The highest BCUT2D eigenvalue weighted by Gasteiger charge is 2.22. The van der Waals surface area contributed by atoms with Crippen molar-refractivity contribution < 1.29 is 0 Å². The molecule has 33 heavy (non-hydrogen) atoms. The smallest absolute Gasteiger partial charge is 0.212 e. The molecule has 1 unspecified atom stereocenters. The van der Waals surface area contributed by atoms with Crippen molar-refractivity contribution in [2.24, 2.45) is 0 Å². The van der Waals surface area contributed by atoms with Gasteiger partial charge < -0.3 is 0 Å². The Morgan fingerprint density at radius 1 is 0.970 bits per heavy atom. The first kappa shape index (κ1) is 24.3. The van der Waals surface area contributed by atoms with E-state index >= 15 is 0 Å². The third-order valence-corrected chi connectivity index (χ3v) is 8.75. The monoisotopic (exact) mass is 516 g/mol. The zero-order chi connectivity index (χ0) is 23.9. The van der Waals surface area contributed by atoms with E-state index in [-0.39, 0.29) is 0 Å². The number of pyridine rings is 1. The number of nitrogens with zero attached hydrogens (tertiary/aromatic N) is 4. The van der Waals surface area contributed by atoms with Gasteiger partial charge in [-0.05, 0) is 63.9 Å². The number of rotatable bonds is 6. The molecule has 0 saturated carbocycles.